The lowest BCUT2D eigenvalue weighted by molar-refractivity contribution is 0.0740. The summed E-state index contributed by atoms with van der Waals surface area (Å²) in [6.45, 7) is 8.20. The van der Waals surface area contributed by atoms with Crippen molar-refractivity contribution in [1.82, 2.24) is 4.90 Å². The van der Waals surface area contributed by atoms with Crippen molar-refractivity contribution in [2.75, 3.05) is 13.1 Å². The minimum absolute atomic E-state index is 0.218. The van der Waals surface area contributed by atoms with Gasteiger partial charge in [0.1, 0.15) is 0 Å². The summed E-state index contributed by atoms with van der Waals surface area (Å²) >= 11 is 0. The Morgan fingerprint density at radius 2 is 2.12 bits per heavy atom. The van der Waals surface area contributed by atoms with E-state index in [9.17, 15) is 4.79 Å². The fourth-order valence-corrected chi connectivity index (χ4v) is 2.38. The number of carbonyl (C=O) groups is 1. The number of fused-ring (bicyclic) bond motifs is 1. The van der Waals surface area contributed by atoms with E-state index in [0.717, 1.165) is 31.5 Å². The fraction of sp³-hybridized carbons (Fsp3) is 0.533. The molecule has 0 saturated heterocycles. The molecule has 1 aromatic carbocycles. The summed E-state index contributed by atoms with van der Waals surface area (Å²) in [6.07, 6.45) is 2.03. The molecule has 0 N–H and O–H groups in total. The maximum atomic E-state index is 12.3. The molecule has 2 heteroatoms. The first-order valence-corrected chi connectivity index (χ1v) is 6.55. The van der Waals surface area contributed by atoms with E-state index in [0.29, 0.717) is 5.92 Å². The zero-order valence-corrected chi connectivity index (χ0v) is 11.0. The van der Waals surface area contributed by atoms with Gasteiger partial charge in [-0.05, 0) is 36.0 Å². The first-order chi connectivity index (χ1) is 8.13. The van der Waals surface area contributed by atoms with Crippen molar-refractivity contribution in [3.63, 3.8) is 0 Å². The summed E-state index contributed by atoms with van der Waals surface area (Å²) in [5, 5.41) is 0. The molecular formula is C15H21NO. The second-order valence-corrected chi connectivity index (χ2v) is 5.11. The summed E-state index contributed by atoms with van der Waals surface area (Å²) in [5.74, 6) is 0.699. The van der Waals surface area contributed by atoms with Gasteiger partial charge in [0.15, 0.2) is 0 Å². The molecule has 2 rings (SSSR count). The van der Waals surface area contributed by atoms with Gasteiger partial charge in [0.25, 0.3) is 5.91 Å². The minimum atomic E-state index is 0.218. The van der Waals surface area contributed by atoms with Gasteiger partial charge in [0, 0.05) is 18.7 Å². The van der Waals surface area contributed by atoms with Gasteiger partial charge in [-0.2, -0.15) is 0 Å². The van der Waals surface area contributed by atoms with Crippen molar-refractivity contribution in [3.8, 4) is 0 Å². The van der Waals surface area contributed by atoms with Gasteiger partial charge in [-0.1, -0.05) is 32.9 Å². The maximum Gasteiger partial charge on any atom is 0.254 e. The van der Waals surface area contributed by atoms with Crippen molar-refractivity contribution < 1.29 is 4.79 Å². The number of hydrogen-bond donors (Lipinski definition) is 0. The minimum Gasteiger partial charge on any atom is -0.338 e. The van der Waals surface area contributed by atoms with Gasteiger partial charge in [0.05, 0.1) is 0 Å². The van der Waals surface area contributed by atoms with Crippen LogP contribution in [0.15, 0.2) is 18.2 Å². The van der Waals surface area contributed by atoms with Gasteiger partial charge >= 0.3 is 0 Å². The first-order valence-electron chi connectivity index (χ1n) is 6.55. The molecule has 1 heterocycles. The van der Waals surface area contributed by atoms with Crippen LogP contribution in [-0.4, -0.2) is 23.9 Å². The molecule has 1 aliphatic rings. The molecule has 0 bridgehead atoms. The van der Waals surface area contributed by atoms with Crippen molar-refractivity contribution in [3.05, 3.63) is 34.9 Å². The van der Waals surface area contributed by atoms with Crippen LogP contribution in [0.5, 0.6) is 0 Å². The summed E-state index contributed by atoms with van der Waals surface area (Å²) < 4.78 is 0. The largest absolute Gasteiger partial charge is 0.338 e. The summed E-state index contributed by atoms with van der Waals surface area (Å²) in [7, 11) is 0. The Kier molecular flexibility index (Phi) is 3.51. The van der Waals surface area contributed by atoms with Crippen LogP contribution in [0.4, 0.5) is 0 Å². The average molecular weight is 231 g/mol. The topological polar surface area (TPSA) is 20.3 Å². The standard InChI is InChI=1S/C15H21NO/c1-4-8-16-9-7-12-5-6-13(11(2)3)10-14(12)15(16)17/h5-6,10-11H,4,7-9H2,1-3H3. The van der Waals surface area contributed by atoms with E-state index in [1.807, 2.05) is 4.90 Å². The Bertz CT molecular complexity index is 423. The van der Waals surface area contributed by atoms with Crippen LogP contribution < -0.4 is 0 Å². The number of rotatable bonds is 3. The predicted octanol–water partition coefficient (Wildman–Crippen LogP) is 3.22. The third kappa shape index (κ3) is 2.36. The van der Waals surface area contributed by atoms with E-state index in [1.54, 1.807) is 0 Å². The molecule has 0 radical (unpaired) electrons. The molecule has 0 saturated carbocycles. The third-order valence-electron chi connectivity index (χ3n) is 3.46. The lowest BCUT2D eigenvalue weighted by Gasteiger charge is -2.28. The van der Waals surface area contributed by atoms with E-state index in [4.69, 9.17) is 0 Å². The SMILES string of the molecule is CCCN1CCc2ccc(C(C)C)cc2C1=O. The highest BCUT2D eigenvalue weighted by Crippen LogP contribution is 2.24. The molecule has 0 spiro atoms. The molecule has 92 valence electrons. The Morgan fingerprint density at radius 3 is 2.76 bits per heavy atom. The smallest absolute Gasteiger partial charge is 0.254 e. The lowest BCUT2D eigenvalue weighted by atomic mass is 9.93. The van der Waals surface area contributed by atoms with Crippen LogP contribution >= 0.6 is 0 Å². The van der Waals surface area contributed by atoms with Crippen molar-refractivity contribution >= 4 is 5.91 Å². The maximum absolute atomic E-state index is 12.3. The van der Waals surface area contributed by atoms with Crippen molar-refractivity contribution in [2.45, 2.75) is 39.5 Å². The first kappa shape index (κ1) is 12.2. The average Bonchev–Trinajstić information content (AvgIpc) is 2.32. The van der Waals surface area contributed by atoms with Gasteiger partial charge in [-0.25, -0.2) is 0 Å². The number of carbonyl (C=O) groups excluding carboxylic acids is 1. The molecule has 0 aromatic heterocycles. The van der Waals surface area contributed by atoms with Gasteiger partial charge < -0.3 is 4.90 Å². The van der Waals surface area contributed by atoms with Crippen LogP contribution in [0.2, 0.25) is 0 Å². The highest BCUT2D eigenvalue weighted by atomic mass is 16.2. The van der Waals surface area contributed by atoms with Crippen LogP contribution in [0.3, 0.4) is 0 Å². The molecule has 1 aliphatic heterocycles. The highest BCUT2D eigenvalue weighted by molar-refractivity contribution is 5.97. The zero-order valence-electron chi connectivity index (χ0n) is 11.0. The molecule has 1 amide bonds. The zero-order chi connectivity index (χ0) is 12.4. The quantitative estimate of drug-likeness (QED) is 0.782. The molecule has 0 aliphatic carbocycles. The fourth-order valence-electron chi connectivity index (χ4n) is 2.38. The number of amides is 1. The summed E-state index contributed by atoms with van der Waals surface area (Å²) in [6, 6.07) is 6.38. The molecule has 17 heavy (non-hydrogen) atoms. The Hall–Kier alpha value is -1.31. The van der Waals surface area contributed by atoms with E-state index in [-0.39, 0.29) is 5.91 Å². The Balaban J connectivity index is 2.33. The highest BCUT2D eigenvalue weighted by Gasteiger charge is 2.23. The number of benzene rings is 1. The second-order valence-electron chi connectivity index (χ2n) is 5.11. The van der Waals surface area contributed by atoms with E-state index >= 15 is 0 Å². The monoisotopic (exact) mass is 231 g/mol. The van der Waals surface area contributed by atoms with Crippen molar-refractivity contribution in [1.29, 1.82) is 0 Å². The lowest BCUT2D eigenvalue weighted by Crippen LogP contribution is -2.38. The Morgan fingerprint density at radius 1 is 1.35 bits per heavy atom. The molecule has 0 atom stereocenters. The predicted molar refractivity (Wildman–Crippen MR) is 70.4 cm³/mol. The van der Waals surface area contributed by atoms with Gasteiger partial charge in [0.2, 0.25) is 0 Å². The molecular weight excluding hydrogens is 210 g/mol. The van der Waals surface area contributed by atoms with Gasteiger partial charge in [-0.3, -0.25) is 4.79 Å². The second kappa shape index (κ2) is 4.91. The molecule has 1 aromatic rings. The van der Waals surface area contributed by atoms with Gasteiger partial charge in [-0.15, -0.1) is 0 Å². The Labute approximate surface area is 104 Å². The molecule has 0 unspecified atom stereocenters. The molecule has 0 fully saturated rings. The summed E-state index contributed by atoms with van der Waals surface area (Å²) in [5.41, 5.74) is 3.40. The number of nitrogens with zero attached hydrogens (tertiary/aromatic N) is 1. The van der Waals surface area contributed by atoms with Crippen LogP contribution in [-0.2, 0) is 6.42 Å². The number of hydrogen-bond acceptors (Lipinski definition) is 1. The third-order valence-corrected chi connectivity index (χ3v) is 3.46. The van der Waals surface area contributed by atoms with E-state index in [2.05, 4.69) is 39.0 Å². The van der Waals surface area contributed by atoms with Crippen LogP contribution in [0.1, 0.15) is 54.6 Å². The molecule has 2 nitrogen and oxygen atoms in total. The van der Waals surface area contributed by atoms with E-state index < -0.39 is 0 Å². The van der Waals surface area contributed by atoms with Crippen LogP contribution in [0.25, 0.3) is 0 Å². The van der Waals surface area contributed by atoms with Crippen molar-refractivity contribution in [2.24, 2.45) is 0 Å². The normalized spacial score (nSPS) is 15.3. The summed E-state index contributed by atoms with van der Waals surface area (Å²) in [4.78, 5) is 14.3. The van der Waals surface area contributed by atoms with Crippen LogP contribution in [0, 0.1) is 0 Å². The van der Waals surface area contributed by atoms with E-state index in [1.165, 1.54) is 11.1 Å².